The molecule has 1 aromatic heterocycles. The zero-order valence-electron chi connectivity index (χ0n) is 11.6. The standard InChI is InChI=1S/C14H25N3O/c1-12(2)9-15-10-13-11-18-14(16-13)17-7-5-3-4-6-8-17/h11-12,15H,3-10H2,1-2H3. The fourth-order valence-electron chi connectivity index (χ4n) is 2.27. The summed E-state index contributed by atoms with van der Waals surface area (Å²) in [6.07, 6.45) is 6.96. The lowest BCUT2D eigenvalue weighted by atomic mass is 10.2. The summed E-state index contributed by atoms with van der Waals surface area (Å²) in [6, 6.07) is 0.804. The Morgan fingerprint density at radius 3 is 2.67 bits per heavy atom. The summed E-state index contributed by atoms with van der Waals surface area (Å²) in [4.78, 5) is 6.85. The van der Waals surface area contributed by atoms with Gasteiger partial charge >= 0.3 is 0 Å². The van der Waals surface area contributed by atoms with E-state index in [0.717, 1.165) is 37.9 Å². The lowest BCUT2D eigenvalue weighted by Crippen LogP contribution is -2.24. The number of hydrogen-bond donors (Lipinski definition) is 1. The van der Waals surface area contributed by atoms with Gasteiger partial charge in [0, 0.05) is 19.6 Å². The van der Waals surface area contributed by atoms with Gasteiger partial charge in [0.05, 0.1) is 5.69 Å². The van der Waals surface area contributed by atoms with Crippen LogP contribution in [-0.2, 0) is 6.54 Å². The van der Waals surface area contributed by atoms with E-state index in [2.05, 4.69) is 29.0 Å². The van der Waals surface area contributed by atoms with Crippen molar-refractivity contribution < 1.29 is 4.42 Å². The smallest absolute Gasteiger partial charge is 0.297 e. The largest absolute Gasteiger partial charge is 0.432 e. The first-order chi connectivity index (χ1) is 8.75. The van der Waals surface area contributed by atoms with Crippen molar-refractivity contribution in [3.05, 3.63) is 12.0 Å². The minimum Gasteiger partial charge on any atom is -0.432 e. The molecule has 0 aliphatic carbocycles. The maximum atomic E-state index is 5.59. The van der Waals surface area contributed by atoms with Gasteiger partial charge in [-0.3, -0.25) is 0 Å². The molecule has 1 aliphatic heterocycles. The van der Waals surface area contributed by atoms with E-state index in [1.54, 1.807) is 6.26 Å². The Bertz CT molecular complexity index is 341. The van der Waals surface area contributed by atoms with E-state index in [0.29, 0.717) is 5.92 Å². The van der Waals surface area contributed by atoms with Crippen LogP contribution in [0.2, 0.25) is 0 Å². The molecule has 2 heterocycles. The summed E-state index contributed by atoms with van der Waals surface area (Å²) >= 11 is 0. The van der Waals surface area contributed by atoms with Gasteiger partial charge in [-0.1, -0.05) is 26.7 Å². The maximum absolute atomic E-state index is 5.59. The van der Waals surface area contributed by atoms with Crippen LogP contribution in [0, 0.1) is 5.92 Å². The molecule has 0 amide bonds. The maximum Gasteiger partial charge on any atom is 0.297 e. The minimum absolute atomic E-state index is 0.668. The van der Waals surface area contributed by atoms with E-state index in [9.17, 15) is 0 Å². The van der Waals surface area contributed by atoms with E-state index >= 15 is 0 Å². The molecule has 1 N–H and O–H groups in total. The van der Waals surface area contributed by atoms with E-state index in [4.69, 9.17) is 4.42 Å². The van der Waals surface area contributed by atoms with Crippen LogP contribution in [0.1, 0.15) is 45.2 Å². The Morgan fingerprint density at radius 1 is 1.28 bits per heavy atom. The van der Waals surface area contributed by atoms with E-state index < -0.39 is 0 Å². The van der Waals surface area contributed by atoms with E-state index in [1.807, 2.05) is 0 Å². The Labute approximate surface area is 110 Å². The summed E-state index contributed by atoms with van der Waals surface area (Å²) in [5.74, 6) is 0.668. The van der Waals surface area contributed by atoms with Crippen molar-refractivity contribution in [1.82, 2.24) is 10.3 Å². The molecule has 0 aromatic carbocycles. The van der Waals surface area contributed by atoms with Crippen LogP contribution in [0.5, 0.6) is 0 Å². The molecule has 1 aliphatic rings. The fourth-order valence-corrected chi connectivity index (χ4v) is 2.27. The first-order valence-corrected chi connectivity index (χ1v) is 7.16. The van der Waals surface area contributed by atoms with Crippen molar-refractivity contribution in [2.75, 3.05) is 24.5 Å². The molecule has 4 nitrogen and oxygen atoms in total. The van der Waals surface area contributed by atoms with Crippen molar-refractivity contribution in [1.29, 1.82) is 0 Å². The average Bonchev–Trinajstić information content (AvgIpc) is 2.63. The predicted octanol–water partition coefficient (Wildman–Crippen LogP) is 2.80. The second kappa shape index (κ2) is 6.78. The Hall–Kier alpha value is -1.03. The lowest BCUT2D eigenvalue weighted by Gasteiger charge is -2.16. The number of oxazole rings is 1. The van der Waals surface area contributed by atoms with Gasteiger partial charge in [-0.15, -0.1) is 0 Å². The van der Waals surface area contributed by atoms with E-state index in [1.165, 1.54) is 25.7 Å². The van der Waals surface area contributed by atoms with Gasteiger partial charge in [-0.05, 0) is 25.3 Å². The highest BCUT2D eigenvalue weighted by molar-refractivity contribution is 5.26. The summed E-state index contributed by atoms with van der Waals surface area (Å²) in [5, 5.41) is 3.39. The van der Waals surface area contributed by atoms with Crippen LogP contribution in [0.4, 0.5) is 6.01 Å². The normalized spacial score (nSPS) is 17.2. The van der Waals surface area contributed by atoms with Crippen LogP contribution in [-0.4, -0.2) is 24.6 Å². The molecule has 1 aromatic rings. The third-order valence-electron chi connectivity index (χ3n) is 3.27. The van der Waals surface area contributed by atoms with Crippen LogP contribution in [0.15, 0.2) is 10.7 Å². The fraction of sp³-hybridized carbons (Fsp3) is 0.786. The molecule has 0 saturated carbocycles. The molecule has 0 atom stereocenters. The van der Waals surface area contributed by atoms with Crippen LogP contribution in [0.25, 0.3) is 0 Å². The van der Waals surface area contributed by atoms with Gasteiger partial charge in [0.1, 0.15) is 6.26 Å². The van der Waals surface area contributed by atoms with Crippen LogP contribution < -0.4 is 10.2 Å². The van der Waals surface area contributed by atoms with Crippen molar-refractivity contribution >= 4 is 6.01 Å². The molecule has 4 heteroatoms. The first kappa shape index (κ1) is 13.4. The van der Waals surface area contributed by atoms with Crippen LogP contribution >= 0.6 is 0 Å². The number of aromatic nitrogens is 1. The van der Waals surface area contributed by atoms with Gasteiger partial charge in [-0.25, -0.2) is 0 Å². The minimum atomic E-state index is 0.668. The molecule has 2 rings (SSSR count). The molecule has 1 saturated heterocycles. The van der Waals surface area contributed by atoms with Gasteiger partial charge in [0.25, 0.3) is 6.01 Å². The first-order valence-electron chi connectivity index (χ1n) is 7.16. The molecule has 18 heavy (non-hydrogen) atoms. The summed E-state index contributed by atoms with van der Waals surface area (Å²) in [6.45, 7) is 8.40. The quantitative estimate of drug-likeness (QED) is 0.873. The monoisotopic (exact) mass is 251 g/mol. The van der Waals surface area contributed by atoms with Crippen molar-refractivity contribution in [3.63, 3.8) is 0 Å². The van der Waals surface area contributed by atoms with Crippen molar-refractivity contribution in [2.45, 2.75) is 46.1 Å². The van der Waals surface area contributed by atoms with Crippen molar-refractivity contribution in [3.8, 4) is 0 Å². The number of nitrogens with one attached hydrogen (secondary N) is 1. The highest BCUT2D eigenvalue weighted by Crippen LogP contribution is 2.18. The molecule has 102 valence electrons. The topological polar surface area (TPSA) is 41.3 Å². The van der Waals surface area contributed by atoms with Gasteiger partial charge in [-0.2, -0.15) is 4.98 Å². The number of rotatable bonds is 5. The second-order valence-corrected chi connectivity index (χ2v) is 5.55. The summed E-state index contributed by atoms with van der Waals surface area (Å²) in [5.41, 5.74) is 1.01. The molecular weight excluding hydrogens is 226 g/mol. The predicted molar refractivity (Wildman–Crippen MR) is 73.7 cm³/mol. The third-order valence-corrected chi connectivity index (χ3v) is 3.27. The highest BCUT2D eigenvalue weighted by atomic mass is 16.4. The molecule has 0 radical (unpaired) electrons. The third kappa shape index (κ3) is 4.02. The number of hydrogen-bond acceptors (Lipinski definition) is 4. The van der Waals surface area contributed by atoms with Gasteiger partial charge in [0.15, 0.2) is 0 Å². The van der Waals surface area contributed by atoms with Gasteiger partial charge in [0.2, 0.25) is 0 Å². The zero-order chi connectivity index (χ0) is 12.8. The Kier molecular flexibility index (Phi) is 5.05. The number of nitrogens with zero attached hydrogens (tertiary/aromatic N) is 2. The lowest BCUT2D eigenvalue weighted by molar-refractivity contribution is 0.528. The Morgan fingerprint density at radius 2 is 2.00 bits per heavy atom. The summed E-state index contributed by atoms with van der Waals surface area (Å²) in [7, 11) is 0. The molecule has 0 spiro atoms. The second-order valence-electron chi connectivity index (χ2n) is 5.55. The van der Waals surface area contributed by atoms with Crippen molar-refractivity contribution in [2.24, 2.45) is 5.92 Å². The van der Waals surface area contributed by atoms with Crippen LogP contribution in [0.3, 0.4) is 0 Å². The zero-order valence-corrected chi connectivity index (χ0v) is 11.6. The summed E-state index contributed by atoms with van der Waals surface area (Å²) < 4.78 is 5.59. The SMILES string of the molecule is CC(C)CNCc1coc(N2CCCCCC2)n1. The molecule has 1 fully saturated rings. The Balaban J connectivity index is 1.84. The number of anilines is 1. The highest BCUT2D eigenvalue weighted by Gasteiger charge is 2.14. The van der Waals surface area contributed by atoms with Gasteiger partial charge < -0.3 is 14.6 Å². The van der Waals surface area contributed by atoms with E-state index in [-0.39, 0.29) is 0 Å². The molecule has 0 bridgehead atoms. The molecular formula is C14H25N3O. The molecule has 0 unspecified atom stereocenters. The average molecular weight is 251 g/mol.